The van der Waals surface area contributed by atoms with Gasteiger partial charge in [0, 0.05) is 12.7 Å². The molecule has 0 saturated heterocycles. The average Bonchev–Trinajstić information content (AvgIpc) is 2.78. The fourth-order valence-corrected chi connectivity index (χ4v) is 2.23. The minimum atomic E-state index is -0.320. The van der Waals surface area contributed by atoms with Crippen molar-refractivity contribution in [3.63, 3.8) is 0 Å². The Labute approximate surface area is 115 Å². The summed E-state index contributed by atoms with van der Waals surface area (Å²) < 4.78 is 6.64. The number of ether oxygens (including phenoxy) is 1. The van der Waals surface area contributed by atoms with E-state index >= 15 is 0 Å². The van der Waals surface area contributed by atoms with Gasteiger partial charge in [0.15, 0.2) is 0 Å². The van der Waals surface area contributed by atoms with Crippen molar-refractivity contribution >= 4 is 11.7 Å². The van der Waals surface area contributed by atoms with Crippen LogP contribution in [-0.4, -0.2) is 17.6 Å². The number of nitrogens with zero attached hydrogens (tertiary/aromatic N) is 1. The molecule has 0 saturated carbocycles. The van der Waals surface area contributed by atoms with E-state index in [-0.39, 0.29) is 5.97 Å². The number of carbonyl (C=O) groups excluding carboxylic acids is 1. The lowest BCUT2D eigenvalue weighted by molar-refractivity contribution is 0.0588. The molecule has 108 valence electrons. The number of methoxy groups -OCH3 is 1. The number of hydrogen-bond donors (Lipinski definition) is 1. The van der Waals surface area contributed by atoms with Gasteiger partial charge in [0.2, 0.25) is 0 Å². The van der Waals surface area contributed by atoms with Gasteiger partial charge >= 0.3 is 5.97 Å². The zero-order chi connectivity index (χ0) is 14.1. The summed E-state index contributed by atoms with van der Waals surface area (Å²) in [5, 5.41) is 0. The van der Waals surface area contributed by atoms with Crippen molar-refractivity contribution in [2.45, 2.75) is 58.4 Å². The largest absolute Gasteiger partial charge is 0.464 e. The Hall–Kier alpha value is -1.45. The lowest BCUT2D eigenvalue weighted by atomic mass is 10.1. The van der Waals surface area contributed by atoms with Gasteiger partial charge in [-0.2, -0.15) is 0 Å². The fourth-order valence-electron chi connectivity index (χ4n) is 2.23. The van der Waals surface area contributed by atoms with Gasteiger partial charge in [0.05, 0.1) is 12.8 Å². The molecule has 1 heterocycles. The number of esters is 1. The molecule has 0 amide bonds. The van der Waals surface area contributed by atoms with Crippen LogP contribution in [0.5, 0.6) is 0 Å². The number of nitrogens with two attached hydrogens (primary N) is 1. The molecule has 19 heavy (non-hydrogen) atoms. The first-order valence-electron chi connectivity index (χ1n) is 7.23. The van der Waals surface area contributed by atoms with Gasteiger partial charge in [-0.15, -0.1) is 0 Å². The number of hydrogen-bond acceptors (Lipinski definition) is 3. The van der Waals surface area contributed by atoms with Gasteiger partial charge in [-0.1, -0.05) is 45.4 Å². The van der Waals surface area contributed by atoms with E-state index in [1.807, 2.05) is 10.8 Å². The summed E-state index contributed by atoms with van der Waals surface area (Å²) in [4.78, 5) is 11.6. The Kier molecular flexibility index (Phi) is 7.08. The van der Waals surface area contributed by atoms with E-state index in [9.17, 15) is 4.79 Å². The summed E-state index contributed by atoms with van der Waals surface area (Å²) in [6.45, 7) is 3.06. The molecule has 0 fully saturated rings. The van der Waals surface area contributed by atoms with Crippen LogP contribution in [-0.2, 0) is 11.3 Å². The van der Waals surface area contributed by atoms with E-state index in [2.05, 4.69) is 6.92 Å². The van der Waals surface area contributed by atoms with Crippen LogP contribution in [0.15, 0.2) is 12.3 Å². The normalized spacial score (nSPS) is 10.6. The maximum Gasteiger partial charge on any atom is 0.354 e. The monoisotopic (exact) mass is 266 g/mol. The van der Waals surface area contributed by atoms with Crippen molar-refractivity contribution in [2.24, 2.45) is 0 Å². The van der Waals surface area contributed by atoms with Crippen LogP contribution in [0, 0.1) is 0 Å². The van der Waals surface area contributed by atoms with Crippen molar-refractivity contribution in [1.82, 2.24) is 4.57 Å². The highest BCUT2D eigenvalue weighted by Gasteiger charge is 2.12. The second kappa shape index (κ2) is 8.62. The first-order chi connectivity index (χ1) is 9.19. The smallest absolute Gasteiger partial charge is 0.354 e. The summed E-state index contributed by atoms with van der Waals surface area (Å²) in [5.41, 5.74) is 6.89. The van der Waals surface area contributed by atoms with E-state index in [4.69, 9.17) is 10.5 Å². The molecule has 0 atom stereocenters. The quantitative estimate of drug-likeness (QED) is 0.548. The molecule has 4 heteroatoms. The highest BCUT2D eigenvalue weighted by atomic mass is 16.5. The first kappa shape index (κ1) is 15.6. The number of rotatable bonds is 9. The molecule has 0 aliphatic heterocycles. The van der Waals surface area contributed by atoms with Crippen molar-refractivity contribution in [3.05, 3.63) is 18.0 Å². The number of aromatic nitrogens is 1. The highest BCUT2D eigenvalue weighted by Crippen LogP contribution is 2.14. The van der Waals surface area contributed by atoms with Crippen molar-refractivity contribution in [1.29, 1.82) is 0 Å². The first-order valence-corrected chi connectivity index (χ1v) is 7.23. The van der Waals surface area contributed by atoms with E-state index in [1.165, 1.54) is 45.6 Å². The number of unbranched alkanes of at least 4 members (excludes halogenated alkanes) is 6. The lowest BCUT2D eigenvalue weighted by Crippen LogP contribution is -2.10. The van der Waals surface area contributed by atoms with Gasteiger partial charge in [-0.25, -0.2) is 4.79 Å². The van der Waals surface area contributed by atoms with E-state index in [1.54, 1.807) is 6.07 Å². The summed E-state index contributed by atoms with van der Waals surface area (Å²) in [6.07, 6.45) is 10.6. The number of carbonyl (C=O) groups is 1. The number of aryl methyl sites for hydroxylation is 1. The van der Waals surface area contributed by atoms with Crippen molar-refractivity contribution in [3.8, 4) is 0 Å². The topological polar surface area (TPSA) is 57.2 Å². The summed E-state index contributed by atoms with van der Waals surface area (Å²) in [6, 6.07) is 1.67. The Bertz CT molecular complexity index is 385. The van der Waals surface area contributed by atoms with Crippen molar-refractivity contribution < 1.29 is 9.53 Å². The van der Waals surface area contributed by atoms with Gasteiger partial charge in [0.1, 0.15) is 5.69 Å². The van der Waals surface area contributed by atoms with E-state index < -0.39 is 0 Å². The predicted molar refractivity (Wildman–Crippen MR) is 78.2 cm³/mol. The lowest BCUT2D eigenvalue weighted by Gasteiger charge is -2.07. The Balaban J connectivity index is 2.31. The molecule has 0 aliphatic carbocycles. The van der Waals surface area contributed by atoms with Crippen LogP contribution in [0.1, 0.15) is 62.4 Å². The van der Waals surface area contributed by atoms with E-state index in [0.29, 0.717) is 11.4 Å². The van der Waals surface area contributed by atoms with Gasteiger partial charge in [0.25, 0.3) is 0 Å². The molecule has 1 rings (SSSR count). The Morgan fingerprint density at radius 3 is 2.47 bits per heavy atom. The SMILES string of the molecule is CCCCCCCCCn1cc(N)cc1C(=O)OC. The molecule has 0 radical (unpaired) electrons. The third-order valence-electron chi connectivity index (χ3n) is 3.31. The van der Waals surface area contributed by atoms with Crippen LogP contribution in [0.4, 0.5) is 5.69 Å². The van der Waals surface area contributed by atoms with Crippen LogP contribution < -0.4 is 5.73 Å². The Morgan fingerprint density at radius 2 is 1.84 bits per heavy atom. The minimum Gasteiger partial charge on any atom is -0.464 e. The zero-order valence-electron chi connectivity index (χ0n) is 12.2. The second-order valence-electron chi connectivity index (χ2n) is 4.96. The molecule has 4 nitrogen and oxygen atoms in total. The molecular weight excluding hydrogens is 240 g/mol. The summed E-state index contributed by atoms with van der Waals surface area (Å²) in [7, 11) is 1.39. The van der Waals surface area contributed by atoms with Gasteiger partial charge < -0.3 is 15.0 Å². The number of nitrogen functional groups attached to an aromatic ring is 1. The standard InChI is InChI=1S/C15H26N2O2/c1-3-4-5-6-7-8-9-10-17-12-13(16)11-14(17)15(18)19-2/h11-12H,3-10,16H2,1-2H3. The van der Waals surface area contributed by atoms with Crippen molar-refractivity contribution in [2.75, 3.05) is 12.8 Å². The average molecular weight is 266 g/mol. The molecule has 0 aromatic carbocycles. The molecule has 1 aromatic rings. The molecule has 0 bridgehead atoms. The maximum atomic E-state index is 11.6. The van der Waals surface area contributed by atoms with Crippen LogP contribution in [0.25, 0.3) is 0 Å². The third-order valence-corrected chi connectivity index (χ3v) is 3.31. The summed E-state index contributed by atoms with van der Waals surface area (Å²) in [5.74, 6) is -0.320. The predicted octanol–water partition coefficient (Wildman–Crippen LogP) is 3.61. The Morgan fingerprint density at radius 1 is 1.21 bits per heavy atom. The van der Waals surface area contributed by atoms with Crippen LogP contribution >= 0.6 is 0 Å². The molecule has 0 spiro atoms. The molecule has 0 unspecified atom stereocenters. The van der Waals surface area contributed by atoms with Gasteiger partial charge in [-0.05, 0) is 12.5 Å². The van der Waals surface area contributed by atoms with Crippen LogP contribution in [0.3, 0.4) is 0 Å². The number of anilines is 1. The van der Waals surface area contributed by atoms with Crippen LogP contribution in [0.2, 0.25) is 0 Å². The highest BCUT2D eigenvalue weighted by molar-refractivity contribution is 5.88. The minimum absolute atomic E-state index is 0.320. The van der Waals surface area contributed by atoms with Gasteiger partial charge in [-0.3, -0.25) is 0 Å². The molecule has 2 N–H and O–H groups in total. The zero-order valence-corrected chi connectivity index (χ0v) is 12.2. The molecule has 0 aliphatic rings. The molecule has 1 aromatic heterocycles. The maximum absolute atomic E-state index is 11.6. The second-order valence-corrected chi connectivity index (χ2v) is 4.96. The summed E-state index contributed by atoms with van der Waals surface area (Å²) >= 11 is 0. The van der Waals surface area contributed by atoms with E-state index in [0.717, 1.165) is 13.0 Å². The fraction of sp³-hybridized carbons (Fsp3) is 0.667. The molecular formula is C15H26N2O2. The third kappa shape index (κ3) is 5.37.